The fourth-order valence-electron chi connectivity index (χ4n) is 5.38. The lowest BCUT2D eigenvalue weighted by Crippen LogP contribution is -2.60. The second-order valence-corrected chi connectivity index (χ2v) is 13.1. The van der Waals surface area contributed by atoms with E-state index in [1.165, 1.54) is 14.0 Å². The summed E-state index contributed by atoms with van der Waals surface area (Å²) in [6.45, 7) is 2.44. The number of benzene rings is 1. The molecule has 57 heavy (non-hydrogen) atoms. The molecule has 1 aromatic carbocycles. The maximum atomic E-state index is 14.1. The molecule has 18 N–H and O–H groups in total. The molecule has 0 radical (unpaired) electrons. The molecular weight excluding hydrogens is 760 g/mol. The molecule has 318 valence electrons. The summed E-state index contributed by atoms with van der Waals surface area (Å²) in [7, 11) is 1.17. The van der Waals surface area contributed by atoms with Crippen LogP contribution in [0.2, 0.25) is 0 Å². The first-order chi connectivity index (χ1) is 26.5. The SMILES string of the molecule is CC(=O)N[C@H](C(=O)N[C@@H](CCCNC(=N)N)C(=O)N[C@@H](CCC(N)=O)C(=O)N(C)[C@@H](CCCNC(=N)N)C(=O)N[C@@H](Cc1cc(F)c(O)c(F)c1)C(N)=O)[C@@H](C)O. The number of amides is 7. The number of nitrogens with two attached hydrogens (primary N) is 4. The van der Waals surface area contributed by atoms with E-state index < -0.39 is 120 Å². The van der Waals surface area contributed by atoms with Crippen LogP contribution >= 0.6 is 0 Å². The minimum atomic E-state index is -1.59. The summed E-state index contributed by atoms with van der Waals surface area (Å²) >= 11 is 0. The Morgan fingerprint density at radius 2 is 1.28 bits per heavy atom. The number of hydrogen-bond acceptors (Lipinski definition) is 11. The van der Waals surface area contributed by atoms with Gasteiger partial charge in [0.15, 0.2) is 29.3 Å². The Morgan fingerprint density at radius 3 is 1.75 bits per heavy atom. The summed E-state index contributed by atoms with van der Waals surface area (Å²) in [6, 6.07) is -6.07. The molecule has 0 aromatic heterocycles. The van der Waals surface area contributed by atoms with Gasteiger partial charge in [-0.15, -0.1) is 0 Å². The largest absolute Gasteiger partial charge is 0.503 e. The number of carbonyl (C=O) groups is 7. The van der Waals surface area contributed by atoms with Crippen molar-refractivity contribution in [2.24, 2.45) is 22.9 Å². The zero-order valence-corrected chi connectivity index (χ0v) is 31.7. The quantitative estimate of drug-likeness (QED) is 0.0267. The van der Waals surface area contributed by atoms with Gasteiger partial charge in [0.25, 0.3) is 0 Å². The number of hydrogen-bond donors (Lipinski definition) is 14. The molecule has 0 aliphatic carbocycles. The first-order valence-electron chi connectivity index (χ1n) is 17.6. The number of halogens is 2. The number of likely N-dealkylation sites (N-methyl/N-ethyl adjacent to an activating group) is 1. The number of phenolic OH excluding ortho intramolecular Hbond substituents is 1. The average Bonchev–Trinajstić information content (AvgIpc) is 3.10. The van der Waals surface area contributed by atoms with Crippen LogP contribution in [0.3, 0.4) is 0 Å². The van der Waals surface area contributed by atoms with Gasteiger partial charge in [-0.2, -0.15) is 0 Å². The fourth-order valence-corrected chi connectivity index (χ4v) is 5.38. The zero-order chi connectivity index (χ0) is 43.6. The fraction of sp³-hybridized carbons (Fsp3) is 0.545. The third kappa shape index (κ3) is 17.3. The summed E-state index contributed by atoms with van der Waals surface area (Å²) in [6.07, 6.45) is -2.86. The van der Waals surface area contributed by atoms with Crippen LogP contribution in [0.4, 0.5) is 8.78 Å². The summed E-state index contributed by atoms with van der Waals surface area (Å²) in [5, 5.41) is 48.8. The monoisotopic (exact) mass is 813 g/mol. The van der Waals surface area contributed by atoms with Crippen molar-refractivity contribution in [1.29, 1.82) is 10.8 Å². The Kier molecular flexibility index (Phi) is 20.1. The highest BCUT2D eigenvalue weighted by molar-refractivity contribution is 5.96. The molecule has 0 saturated carbocycles. The lowest BCUT2D eigenvalue weighted by Gasteiger charge is -2.32. The van der Waals surface area contributed by atoms with Crippen LogP contribution in [0.5, 0.6) is 5.75 Å². The third-order valence-corrected chi connectivity index (χ3v) is 8.30. The van der Waals surface area contributed by atoms with Gasteiger partial charge in [-0.3, -0.25) is 44.4 Å². The van der Waals surface area contributed by atoms with Gasteiger partial charge in [-0.05, 0) is 56.7 Å². The second kappa shape index (κ2) is 23.6. The highest BCUT2D eigenvalue weighted by Gasteiger charge is 2.36. The Labute approximate surface area is 326 Å². The molecule has 0 fully saturated rings. The van der Waals surface area contributed by atoms with Gasteiger partial charge < -0.3 is 69.9 Å². The molecule has 24 heteroatoms. The molecule has 6 atom stereocenters. The Hall–Kier alpha value is -6.33. The van der Waals surface area contributed by atoms with Gasteiger partial charge >= 0.3 is 0 Å². The number of rotatable bonds is 24. The smallest absolute Gasteiger partial charge is 0.245 e. The summed E-state index contributed by atoms with van der Waals surface area (Å²) in [5.74, 6) is -11.2. The lowest BCUT2D eigenvalue weighted by atomic mass is 10.0. The van der Waals surface area contributed by atoms with Crippen LogP contribution in [0.1, 0.15) is 57.9 Å². The molecular formula is C33H53F2N13O9. The predicted molar refractivity (Wildman–Crippen MR) is 199 cm³/mol. The maximum absolute atomic E-state index is 14.1. The summed E-state index contributed by atoms with van der Waals surface area (Å²) in [5.41, 5.74) is 21.3. The molecule has 0 saturated heterocycles. The number of phenols is 1. The molecule has 22 nitrogen and oxygen atoms in total. The second-order valence-electron chi connectivity index (χ2n) is 13.1. The van der Waals surface area contributed by atoms with Crippen LogP contribution in [-0.4, -0.2) is 125 Å². The summed E-state index contributed by atoms with van der Waals surface area (Å²) in [4.78, 5) is 91.5. The number of nitrogens with one attached hydrogen (secondary N) is 8. The van der Waals surface area contributed by atoms with Crippen molar-refractivity contribution >= 4 is 53.3 Å². The average molecular weight is 814 g/mol. The highest BCUT2D eigenvalue weighted by Crippen LogP contribution is 2.22. The molecule has 0 heterocycles. The first-order valence-corrected chi connectivity index (χ1v) is 17.6. The number of nitrogens with zero attached hydrogens (tertiary/aromatic N) is 1. The van der Waals surface area contributed by atoms with Gasteiger partial charge in [0.2, 0.25) is 41.4 Å². The molecule has 1 rings (SSSR count). The molecule has 0 unspecified atom stereocenters. The third-order valence-electron chi connectivity index (χ3n) is 8.30. The van der Waals surface area contributed by atoms with Gasteiger partial charge in [0.1, 0.15) is 30.2 Å². The van der Waals surface area contributed by atoms with Crippen molar-refractivity contribution in [2.75, 3.05) is 20.1 Å². The maximum Gasteiger partial charge on any atom is 0.245 e. The van der Waals surface area contributed by atoms with E-state index in [4.69, 9.17) is 33.8 Å². The van der Waals surface area contributed by atoms with Crippen molar-refractivity contribution < 1.29 is 52.6 Å². The topological polar surface area (TPSA) is 387 Å². The van der Waals surface area contributed by atoms with Crippen molar-refractivity contribution in [3.8, 4) is 5.75 Å². The number of aliphatic hydroxyl groups is 1. The highest BCUT2D eigenvalue weighted by atomic mass is 19.1. The minimum Gasteiger partial charge on any atom is -0.503 e. The summed E-state index contributed by atoms with van der Waals surface area (Å²) < 4.78 is 28.1. The first kappa shape index (κ1) is 48.7. The van der Waals surface area contributed by atoms with Crippen LogP contribution in [0.15, 0.2) is 12.1 Å². The standard InChI is InChI=1S/C33H53F2N13O9/c1-15(49)25(44-16(2)50)30(56)45-20(6-4-10-42-32(38)39)28(54)46-21(8-9-24(36)51)31(57)48(3)23(7-5-11-43-33(40)41)29(55)47-22(27(37)53)14-17-12-18(34)26(52)19(35)13-17/h12-13,15,20-23,25,49,52H,4-11,14H2,1-3H3,(H2,36,51)(H2,37,53)(H,44,50)(H,45,56)(H,46,54)(H,47,55)(H4,38,39,42)(H4,40,41,43)/t15-,20+,21+,22+,23+,25+/m1/s1. The number of guanidine groups is 2. The molecule has 1 aromatic rings. The van der Waals surface area contributed by atoms with Crippen LogP contribution in [0.25, 0.3) is 0 Å². The van der Waals surface area contributed by atoms with Crippen molar-refractivity contribution in [1.82, 2.24) is 36.8 Å². The van der Waals surface area contributed by atoms with E-state index >= 15 is 0 Å². The van der Waals surface area contributed by atoms with Gasteiger partial charge in [-0.25, -0.2) is 8.78 Å². The predicted octanol–water partition coefficient (Wildman–Crippen LogP) is -4.34. The minimum absolute atomic E-state index is 0.0418. The number of aromatic hydroxyl groups is 1. The van der Waals surface area contributed by atoms with Gasteiger partial charge in [-0.1, -0.05) is 0 Å². The normalized spacial score (nSPS) is 13.9. The van der Waals surface area contributed by atoms with Crippen molar-refractivity contribution in [3.05, 3.63) is 29.3 Å². The number of carbonyl (C=O) groups excluding carboxylic acids is 7. The number of primary amides is 2. The van der Waals surface area contributed by atoms with Crippen LogP contribution in [-0.2, 0) is 40.0 Å². The molecule has 0 spiro atoms. The number of aliphatic hydroxyl groups excluding tert-OH is 1. The van der Waals surface area contributed by atoms with E-state index in [1.54, 1.807) is 0 Å². The van der Waals surface area contributed by atoms with E-state index in [-0.39, 0.29) is 50.3 Å². The van der Waals surface area contributed by atoms with Gasteiger partial charge in [0.05, 0.1) is 6.10 Å². The Bertz CT molecular complexity index is 1630. The van der Waals surface area contributed by atoms with Crippen molar-refractivity contribution in [3.63, 3.8) is 0 Å². The van der Waals surface area contributed by atoms with E-state index in [0.29, 0.717) is 0 Å². The molecule has 0 bridgehead atoms. The van der Waals surface area contributed by atoms with E-state index in [0.717, 1.165) is 24.0 Å². The van der Waals surface area contributed by atoms with E-state index in [9.17, 15) is 52.6 Å². The van der Waals surface area contributed by atoms with E-state index in [2.05, 4.69) is 31.9 Å². The van der Waals surface area contributed by atoms with Crippen LogP contribution < -0.4 is 54.8 Å². The van der Waals surface area contributed by atoms with E-state index in [1.807, 2.05) is 0 Å². The van der Waals surface area contributed by atoms with Crippen molar-refractivity contribution in [2.45, 2.75) is 95.1 Å². The zero-order valence-electron chi connectivity index (χ0n) is 31.7. The van der Waals surface area contributed by atoms with Gasteiger partial charge in [0, 0.05) is 39.9 Å². The molecule has 0 aliphatic heterocycles. The Balaban J connectivity index is 3.50. The van der Waals surface area contributed by atoms with Crippen LogP contribution in [0, 0.1) is 22.5 Å². The molecule has 0 aliphatic rings. The lowest BCUT2D eigenvalue weighted by molar-refractivity contribution is -0.143. The molecule has 7 amide bonds. The Morgan fingerprint density at radius 1 is 0.772 bits per heavy atom.